The molecule has 0 atom stereocenters. The molecule has 1 amide bonds. The van der Waals surface area contributed by atoms with Gasteiger partial charge >= 0.3 is 5.69 Å². The van der Waals surface area contributed by atoms with E-state index in [0.29, 0.717) is 0 Å². The molecule has 0 heterocycles. The molecule has 0 fully saturated rings. The highest BCUT2D eigenvalue weighted by atomic mass is 35.5. The number of nitrogens with two attached hydrogens (primary N) is 1. The molecule has 0 aliphatic carbocycles. The Bertz CT molecular complexity index is 737. The van der Waals surface area contributed by atoms with E-state index >= 15 is 0 Å². The monoisotopic (exact) mass is 309 g/mol. The number of halogens is 2. The third-order valence-corrected chi connectivity index (χ3v) is 2.91. The van der Waals surface area contributed by atoms with Crippen LogP contribution in [0, 0.1) is 15.9 Å². The Morgan fingerprint density at radius 1 is 1.33 bits per heavy atom. The number of nitro benzene ring substituents is 1. The van der Waals surface area contributed by atoms with Crippen LogP contribution in [0.5, 0.6) is 0 Å². The lowest BCUT2D eigenvalue weighted by atomic mass is 10.1. The molecular formula is C13H9ClFN3O3. The molecule has 3 N–H and O–H groups in total. The number of carbonyl (C=O) groups is 1. The smallest absolute Gasteiger partial charge is 0.304 e. The van der Waals surface area contributed by atoms with Gasteiger partial charge in [0.2, 0.25) is 0 Å². The number of nitrogens with zero attached hydrogens (tertiary/aromatic N) is 1. The highest BCUT2D eigenvalue weighted by Crippen LogP contribution is 2.27. The summed E-state index contributed by atoms with van der Waals surface area (Å²) in [6.45, 7) is 0. The lowest BCUT2D eigenvalue weighted by molar-refractivity contribution is -0.384. The van der Waals surface area contributed by atoms with Crippen molar-refractivity contribution in [1.82, 2.24) is 0 Å². The third kappa shape index (κ3) is 3.09. The van der Waals surface area contributed by atoms with Gasteiger partial charge in [0.25, 0.3) is 5.91 Å². The molecule has 0 aliphatic heterocycles. The Hall–Kier alpha value is -2.67. The molecule has 0 bridgehead atoms. The van der Waals surface area contributed by atoms with E-state index in [4.69, 9.17) is 17.3 Å². The molecule has 0 unspecified atom stereocenters. The fourth-order valence-corrected chi connectivity index (χ4v) is 1.89. The zero-order valence-corrected chi connectivity index (χ0v) is 11.2. The van der Waals surface area contributed by atoms with Gasteiger partial charge in [0.15, 0.2) is 0 Å². The van der Waals surface area contributed by atoms with Crippen LogP contribution in [0.15, 0.2) is 36.4 Å². The number of nitro groups is 1. The summed E-state index contributed by atoms with van der Waals surface area (Å²) in [6.07, 6.45) is 0. The Balaban J connectivity index is 2.37. The number of anilines is 2. The van der Waals surface area contributed by atoms with E-state index in [1.165, 1.54) is 30.3 Å². The Kier molecular flexibility index (Phi) is 4.04. The molecule has 21 heavy (non-hydrogen) atoms. The van der Waals surface area contributed by atoms with E-state index in [2.05, 4.69) is 5.32 Å². The lowest BCUT2D eigenvalue weighted by Crippen LogP contribution is -2.15. The predicted molar refractivity (Wildman–Crippen MR) is 76.9 cm³/mol. The Labute approximate surface area is 123 Å². The molecule has 0 aromatic heterocycles. The highest BCUT2D eigenvalue weighted by molar-refractivity contribution is 6.30. The molecule has 2 aromatic carbocycles. The zero-order chi connectivity index (χ0) is 15.6. The number of para-hydroxylation sites is 1. The van der Waals surface area contributed by atoms with E-state index in [9.17, 15) is 19.3 Å². The lowest BCUT2D eigenvalue weighted by Gasteiger charge is -2.08. The molecule has 6 nitrogen and oxygen atoms in total. The predicted octanol–water partition coefficient (Wildman–Crippen LogP) is 3.22. The van der Waals surface area contributed by atoms with Crippen molar-refractivity contribution in [3.8, 4) is 0 Å². The van der Waals surface area contributed by atoms with Crippen LogP contribution in [0.1, 0.15) is 10.4 Å². The van der Waals surface area contributed by atoms with Gasteiger partial charge < -0.3 is 11.1 Å². The second-order valence-electron chi connectivity index (χ2n) is 4.08. The third-order valence-electron chi connectivity index (χ3n) is 2.67. The first-order valence-corrected chi connectivity index (χ1v) is 6.07. The van der Waals surface area contributed by atoms with Gasteiger partial charge in [-0.1, -0.05) is 17.7 Å². The summed E-state index contributed by atoms with van der Waals surface area (Å²) >= 11 is 5.60. The molecule has 108 valence electrons. The number of amides is 1. The molecule has 0 radical (unpaired) electrons. The van der Waals surface area contributed by atoms with Crippen LogP contribution in [-0.4, -0.2) is 10.8 Å². The van der Waals surface area contributed by atoms with Crippen molar-refractivity contribution in [3.05, 3.63) is 62.9 Å². The van der Waals surface area contributed by atoms with E-state index in [1.807, 2.05) is 0 Å². The summed E-state index contributed by atoms with van der Waals surface area (Å²) in [4.78, 5) is 22.3. The summed E-state index contributed by atoms with van der Waals surface area (Å²) in [5.74, 6) is -1.59. The Morgan fingerprint density at radius 3 is 2.67 bits per heavy atom. The molecule has 0 aliphatic rings. The van der Waals surface area contributed by atoms with Crippen LogP contribution in [0.25, 0.3) is 0 Å². The summed E-state index contributed by atoms with van der Waals surface area (Å²) < 4.78 is 13.6. The standard InChI is InChI=1S/C13H9ClFN3O3/c14-7-4-5-11(9(15)6-7)17-13(19)8-2-1-3-10(16)12(8)18(20)21/h1-6H,16H2,(H,17,19). The topological polar surface area (TPSA) is 98.3 Å². The first-order chi connectivity index (χ1) is 9.90. The molecule has 8 heteroatoms. The number of carbonyl (C=O) groups excluding carboxylic acids is 1. The maximum Gasteiger partial charge on any atom is 0.304 e. The number of rotatable bonds is 3. The van der Waals surface area contributed by atoms with Gasteiger partial charge in [-0.2, -0.15) is 0 Å². The number of nitrogen functional groups attached to an aromatic ring is 1. The van der Waals surface area contributed by atoms with E-state index < -0.39 is 22.3 Å². The summed E-state index contributed by atoms with van der Waals surface area (Å²) in [6, 6.07) is 7.59. The van der Waals surface area contributed by atoms with Gasteiger partial charge in [-0.3, -0.25) is 14.9 Å². The second-order valence-corrected chi connectivity index (χ2v) is 4.52. The Morgan fingerprint density at radius 2 is 2.05 bits per heavy atom. The average Bonchev–Trinajstić information content (AvgIpc) is 2.41. The van der Waals surface area contributed by atoms with Gasteiger partial charge in [-0.25, -0.2) is 4.39 Å². The van der Waals surface area contributed by atoms with Crippen LogP contribution >= 0.6 is 11.6 Å². The highest BCUT2D eigenvalue weighted by Gasteiger charge is 2.23. The minimum atomic E-state index is -0.838. The van der Waals surface area contributed by atoms with Crippen molar-refractivity contribution in [1.29, 1.82) is 0 Å². The SMILES string of the molecule is Nc1cccc(C(=O)Nc2ccc(Cl)cc2F)c1[N+](=O)[O-]. The molecule has 0 spiro atoms. The fourth-order valence-electron chi connectivity index (χ4n) is 1.73. The van der Waals surface area contributed by atoms with E-state index in [-0.39, 0.29) is 22.0 Å². The molecule has 0 saturated heterocycles. The quantitative estimate of drug-likeness (QED) is 0.516. The first kappa shape index (κ1) is 14.7. The van der Waals surface area contributed by atoms with Crippen LogP contribution in [0.4, 0.5) is 21.5 Å². The fraction of sp³-hybridized carbons (Fsp3) is 0. The van der Waals surface area contributed by atoms with Crippen molar-refractivity contribution >= 4 is 34.6 Å². The summed E-state index contributed by atoms with van der Waals surface area (Å²) in [5, 5.41) is 13.4. The van der Waals surface area contributed by atoms with Gasteiger partial charge in [-0.15, -0.1) is 0 Å². The second kappa shape index (κ2) is 5.76. The van der Waals surface area contributed by atoms with Gasteiger partial charge in [-0.05, 0) is 30.3 Å². The van der Waals surface area contributed by atoms with Gasteiger partial charge in [0.1, 0.15) is 17.1 Å². The summed E-state index contributed by atoms with van der Waals surface area (Å²) in [7, 11) is 0. The van der Waals surface area contributed by atoms with Crippen LogP contribution in [0.2, 0.25) is 5.02 Å². The number of hydrogen-bond acceptors (Lipinski definition) is 4. The van der Waals surface area contributed by atoms with E-state index in [1.54, 1.807) is 0 Å². The first-order valence-electron chi connectivity index (χ1n) is 5.69. The molecule has 2 aromatic rings. The van der Waals surface area contributed by atoms with Crippen LogP contribution < -0.4 is 11.1 Å². The van der Waals surface area contributed by atoms with Crippen molar-refractivity contribution in [2.24, 2.45) is 0 Å². The molecule has 0 saturated carbocycles. The average molecular weight is 310 g/mol. The van der Waals surface area contributed by atoms with Crippen molar-refractivity contribution in [2.45, 2.75) is 0 Å². The maximum atomic E-state index is 13.6. The van der Waals surface area contributed by atoms with Crippen molar-refractivity contribution in [2.75, 3.05) is 11.1 Å². The number of hydrogen-bond donors (Lipinski definition) is 2. The zero-order valence-electron chi connectivity index (χ0n) is 10.5. The van der Waals surface area contributed by atoms with Gasteiger partial charge in [0.05, 0.1) is 10.6 Å². The maximum absolute atomic E-state index is 13.6. The summed E-state index contributed by atoms with van der Waals surface area (Å²) in [5.41, 5.74) is 4.42. The number of nitrogens with one attached hydrogen (secondary N) is 1. The van der Waals surface area contributed by atoms with Crippen molar-refractivity contribution in [3.63, 3.8) is 0 Å². The molecule has 2 rings (SSSR count). The van der Waals surface area contributed by atoms with E-state index in [0.717, 1.165) is 6.07 Å². The largest absolute Gasteiger partial charge is 0.393 e. The number of benzene rings is 2. The minimum absolute atomic E-state index is 0.138. The minimum Gasteiger partial charge on any atom is -0.393 e. The normalized spacial score (nSPS) is 10.2. The van der Waals surface area contributed by atoms with Gasteiger partial charge in [0, 0.05) is 5.02 Å². The van der Waals surface area contributed by atoms with Crippen LogP contribution in [-0.2, 0) is 0 Å². The van der Waals surface area contributed by atoms with Crippen LogP contribution in [0.3, 0.4) is 0 Å². The van der Waals surface area contributed by atoms with Crippen molar-refractivity contribution < 1.29 is 14.1 Å². The molecular weight excluding hydrogens is 301 g/mol.